The lowest BCUT2D eigenvalue weighted by atomic mass is 9.79. The molecular formula is C13H24N2O2S. The molecule has 0 amide bonds. The minimum absolute atomic E-state index is 0.0180. The van der Waals surface area contributed by atoms with Crippen LogP contribution in [0.3, 0.4) is 0 Å². The number of fused-ring (bicyclic) bond motifs is 1. The molecule has 2 rings (SSSR count). The first kappa shape index (κ1) is 13.9. The summed E-state index contributed by atoms with van der Waals surface area (Å²) in [5.41, 5.74) is 0.983. The molecule has 0 N–H and O–H groups in total. The molecule has 5 heteroatoms. The maximum atomic E-state index is 12.4. The Morgan fingerprint density at radius 2 is 2.11 bits per heavy atom. The Morgan fingerprint density at radius 3 is 2.72 bits per heavy atom. The van der Waals surface area contributed by atoms with Crippen LogP contribution in [0.25, 0.3) is 0 Å². The Balaban J connectivity index is 2.25. The molecule has 0 radical (unpaired) electrons. The fourth-order valence-corrected chi connectivity index (χ4v) is 4.73. The van der Waals surface area contributed by atoms with Crippen LogP contribution in [0.2, 0.25) is 0 Å². The maximum absolute atomic E-state index is 12.4. The Hall–Kier alpha value is -0.550. The van der Waals surface area contributed by atoms with Crippen LogP contribution in [0.5, 0.6) is 0 Å². The predicted octanol–water partition coefficient (Wildman–Crippen LogP) is 2.35. The second-order valence-corrected chi connectivity index (χ2v) is 7.98. The van der Waals surface area contributed by atoms with Crippen molar-refractivity contribution in [2.45, 2.75) is 52.5 Å². The standard InChI is InChI=1S/C13H24N2O2S/c1-5-6-8-14-11(2)12-10-13(3,4)7-9-15(12)18(14,16)17/h12H,2,5-10H2,1,3-4H3. The Bertz CT molecular complexity index is 442. The smallest absolute Gasteiger partial charge is 0.260 e. The summed E-state index contributed by atoms with van der Waals surface area (Å²) < 4.78 is 28.1. The zero-order valence-corrected chi connectivity index (χ0v) is 12.5. The van der Waals surface area contributed by atoms with Gasteiger partial charge in [-0.2, -0.15) is 12.7 Å². The number of hydrogen-bond donors (Lipinski definition) is 0. The monoisotopic (exact) mass is 272 g/mol. The van der Waals surface area contributed by atoms with Crippen LogP contribution in [-0.2, 0) is 10.2 Å². The number of rotatable bonds is 3. The molecule has 0 aromatic carbocycles. The highest BCUT2D eigenvalue weighted by atomic mass is 32.2. The molecule has 18 heavy (non-hydrogen) atoms. The molecule has 0 aromatic rings. The second kappa shape index (κ2) is 4.53. The van der Waals surface area contributed by atoms with Gasteiger partial charge in [0.05, 0.1) is 6.04 Å². The van der Waals surface area contributed by atoms with E-state index < -0.39 is 10.2 Å². The third-order valence-corrected chi connectivity index (χ3v) is 6.10. The van der Waals surface area contributed by atoms with E-state index in [1.165, 1.54) is 4.31 Å². The van der Waals surface area contributed by atoms with Crippen molar-refractivity contribution in [2.75, 3.05) is 13.1 Å². The SMILES string of the molecule is C=C1C2CC(C)(C)CCN2S(=O)(=O)N1CCCC. The van der Waals surface area contributed by atoms with Crippen LogP contribution in [0.4, 0.5) is 0 Å². The van der Waals surface area contributed by atoms with E-state index in [0.717, 1.165) is 31.4 Å². The van der Waals surface area contributed by atoms with Crippen LogP contribution in [-0.4, -0.2) is 36.2 Å². The minimum Gasteiger partial charge on any atom is -0.260 e. The normalized spacial score (nSPS) is 30.5. The summed E-state index contributed by atoms with van der Waals surface area (Å²) in [6.07, 6.45) is 3.70. The van der Waals surface area contributed by atoms with E-state index in [-0.39, 0.29) is 11.5 Å². The van der Waals surface area contributed by atoms with Gasteiger partial charge >= 0.3 is 10.2 Å². The van der Waals surface area contributed by atoms with Crippen LogP contribution >= 0.6 is 0 Å². The summed E-state index contributed by atoms with van der Waals surface area (Å²) in [4.78, 5) is 0. The summed E-state index contributed by atoms with van der Waals surface area (Å²) in [5, 5.41) is 0. The van der Waals surface area contributed by atoms with Gasteiger partial charge < -0.3 is 0 Å². The van der Waals surface area contributed by atoms with E-state index in [9.17, 15) is 8.42 Å². The van der Waals surface area contributed by atoms with Gasteiger partial charge in [0.15, 0.2) is 0 Å². The first-order chi connectivity index (χ1) is 8.29. The van der Waals surface area contributed by atoms with Crippen LogP contribution in [0.1, 0.15) is 46.5 Å². The second-order valence-electron chi connectivity index (χ2n) is 6.17. The average molecular weight is 272 g/mol. The fraction of sp³-hybridized carbons (Fsp3) is 0.846. The molecule has 2 fully saturated rings. The molecule has 2 aliphatic heterocycles. The number of piperidine rings is 1. The first-order valence-electron chi connectivity index (χ1n) is 6.78. The number of unbranched alkanes of at least 4 members (excludes halogenated alkanes) is 1. The molecule has 0 aromatic heterocycles. The van der Waals surface area contributed by atoms with Crippen molar-refractivity contribution < 1.29 is 8.42 Å². The van der Waals surface area contributed by atoms with E-state index in [4.69, 9.17) is 0 Å². The first-order valence-corrected chi connectivity index (χ1v) is 8.17. The summed E-state index contributed by atoms with van der Waals surface area (Å²) in [6, 6.07) is -0.0180. The summed E-state index contributed by atoms with van der Waals surface area (Å²) in [5.74, 6) is 0. The molecule has 0 spiro atoms. The van der Waals surface area contributed by atoms with Crippen molar-refractivity contribution in [3.05, 3.63) is 12.3 Å². The lowest BCUT2D eigenvalue weighted by Crippen LogP contribution is -2.44. The van der Waals surface area contributed by atoms with Gasteiger partial charge in [-0.05, 0) is 24.7 Å². The molecule has 1 atom stereocenters. The van der Waals surface area contributed by atoms with E-state index in [1.54, 1.807) is 4.31 Å². The predicted molar refractivity (Wildman–Crippen MR) is 73.2 cm³/mol. The van der Waals surface area contributed by atoms with Crippen molar-refractivity contribution >= 4 is 10.2 Å². The van der Waals surface area contributed by atoms with Crippen molar-refractivity contribution in [1.29, 1.82) is 0 Å². The third-order valence-electron chi connectivity index (χ3n) is 4.10. The number of hydrogen-bond acceptors (Lipinski definition) is 2. The topological polar surface area (TPSA) is 40.6 Å². The van der Waals surface area contributed by atoms with Crippen LogP contribution in [0, 0.1) is 5.41 Å². The van der Waals surface area contributed by atoms with Gasteiger partial charge in [-0.25, -0.2) is 0 Å². The van der Waals surface area contributed by atoms with Gasteiger partial charge in [0.25, 0.3) is 0 Å². The van der Waals surface area contributed by atoms with Gasteiger partial charge in [0.2, 0.25) is 0 Å². The van der Waals surface area contributed by atoms with Gasteiger partial charge in [0, 0.05) is 18.8 Å². The summed E-state index contributed by atoms with van der Waals surface area (Å²) >= 11 is 0. The zero-order valence-electron chi connectivity index (χ0n) is 11.6. The fourth-order valence-electron chi connectivity index (χ4n) is 2.86. The molecule has 0 bridgehead atoms. The third kappa shape index (κ3) is 2.18. The largest absolute Gasteiger partial charge is 0.304 e. The molecule has 2 aliphatic rings. The van der Waals surface area contributed by atoms with E-state index >= 15 is 0 Å². The van der Waals surface area contributed by atoms with Gasteiger partial charge in [-0.15, -0.1) is 0 Å². The zero-order chi connectivity index (χ0) is 13.6. The molecule has 2 heterocycles. The Morgan fingerprint density at radius 1 is 1.44 bits per heavy atom. The van der Waals surface area contributed by atoms with E-state index in [1.807, 2.05) is 0 Å². The highest BCUT2D eigenvalue weighted by Crippen LogP contribution is 2.43. The van der Waals surface area contributed by atoms with Crippen LogP contribution < -0.4 is 0 Å². The summed E-state index contributed by atoms with van der Waals surface area (Å²) in [7, 11) is -3.29. The highest BCUT2D eigenvalue weighted by molar-refractivity contribution is 7.87. The number of nitrogens with zero attached hydrogens (tertiary/aromatic N) is 2. The molecule has 104 valence electrons. The average Bonchev–Trinajstić information content (AvgIpc) is 2.43. The van der Waals surface area contributed by atoms with E-state index in [2.05, 4.69) is 27.4 Å². The Kier molecular flexibility index (Phi) is 3.49. The molecule has 0 aliphatic carbocycles. The van der Waals surface area contributed by atoms with Gasteiger partial charge in [0.1, 0.15) is 0 Å². The van der Waals surface area contributed by atoms with Crippen molar-refractivity contribution in [3.63, 3.8) is 0 Å². The van der Waals surface area contributed by atoms with E-state index in [0.29, 0.717) is 13.1 Å². The highest BCUT2D eigenvalue weighted by Gasteiger charge is 2.50. The molecule has 0 saturated carbocycles. The lowest BCUT2D eigenvalue weighted by Gasteiger charge is -2.37. The van der Waals surface area contributed by atoms with Crippen molar-refractivity contribution in [1.82, 2.24) is 8.61 Å². The van der Waals surface area contributed by atoms with Gasteiger partial charge in [-0.1, -0.05) is 33.8 Å². The van der Waals surface area contributed by atoms with Crippen molar-refractivity contribution in [2.24, 2.45) is 5.41 Å². The molecule has 1 unspecified atom stereocenters. The summed E-state index contributed by atoms with van der Waals surface area (Å²) in [6.45, 7) is 11.7. The van der Waals surface area contributed by atoms with Crippen LogP contribution in [0.15, 0.2) is 12.3 Å². The quantitative estimate of drug-likeness (QED) is 0.791. The molecule has 2 saturated heterocycles. The molecule has 4 nitrogen and oxygen atoms in total. The lowest BCUT2D eigenvalue weighted by molar-refractivity contribution is 0.162. The van der Waals surface area contributed by atoms with Gasteiger partial charge in [-0.3, -0.25) is 4.31 Å². The minimum atomic E-state index is -3.29. The maximum Gasteiger partial charge on any atom is 0.304 e. The molecular weight excluding hydrogens is 248 g/mol. The van der Waals surface area contributed by atoms with Crippen molar-refractivity contribution in [3.8, 4) is 0 Å². The Labute approximate surface area is 111 Å².